The van der Waals surface area contributed by atoms with Crippen LogP contribution in [0.1, 0.15) is 25.0 Å². The number of aromatic nitrogens is 2. The maximum atomic E-state index is 12.5. The number of carboxylic acids is 3. The Morgan fingerprint density at radius 3 is 2.00 bits per heavy atom. The van der Waals surface area contributed by atoms with Crippen molar-refractivity contribution >= 4 is 35.6 Å². The van der Waals surface area contributed by atoms with Crippen LogP contribution in [0, 0.1) is 0 Å². The lowest BCUT2D eigenvalue weighted by Crippen LogP contribution is -2.58. The zero-order valence-corrected chi connectivity index (χ0v) is 17.8. The van der Waals surface area contributed by atoms with Gasteiger partial charge in [0.25, 0.3) is 0 Å². The second-order valence-corrected chi connectivity index (χ2v) is 7.12. The molecule has 34 heavy (non-hydrogen) atoms. The summed E-state index contributed by atoms with van der Waals surface area (Å²) in [6.45, 7) is -1.00. The van der Waals surface area contributed by atoms with Crippen LogP contribution in [0.3, 0.4) is 0 Å². The van der Waals surface area contributed by atoms with Crippen LogP contribution in [-0.4, -0.2) is 96.8 Å². The zero-order valence-electron chi connectivity index (χ0n) is 17.8. The highest BCUT2D eigenvalue weighted by Gasteiger charge is 2.31. The summed E-state index contributed by atoms with van der Waals surface area (Å²) in [5, 5.41) is 42.4. The van der Waals surface area contributed by atoms with Gasteiger partial charge in [0.1, 0.15) is 18.1 Å². The van der Waals surface area contributed by atoms with Gasteiger partial charge in [-0.15, -0.1) is 0 Å². The predicted octanol–water partition coefficient (Wildman–Crippen LogP) is -3.85. The third-order valence-corrected chi connectivity index (χ3v) is 4.42. The standard InChI is InChI=1S/C18H26N6O10/c19-9(3-8-5-20-7-21-8)15(30)23-11(4-14(28)29)16(31)24-12(6-25)17(32)22-10(18(33)34)1-2-13(26)27/h5,7,9-12,25H,1-4,6,19H2,(H,20,21)(H,22,32)(H,23,30)(H,24,31)(H,26,27)(H,28,29)(H,33,34). The second kappa shape index (κ2) is 13.5. The summed E-state index contributed by atoms with van der Waals surface area (Å²) in [5.41, 5.74) is 6.26. The number of rotatable bonds is 15. The Morgan fingerprint density at radius 2 is 1.50 bits per heavy atom. The van der Waals surface area contributed by atoms with E-state index in [1.165, 1.54) is 12.5 Å². The SMILES string of the molecule is NC(Cc1cnc[nH]1)C(=O)NC(CC(=O)O)C(=O)NC(CO)C(=O)NC(CCC(=O)O)C(=O)O. The maximum Gasteiger partial charge on any atom is 0.326 e. The Balaban J connectivity index is 2.82. The Kier molecular flexibility index (Phi) is 11.1. The topological polar surface area (TPSA) is 274 Å². The van der Waals surface area contributed by atoms with Crippen LogP contribution in [0.25, 0.3) is 0 Å². The fraction of sp³-hybridized carbons (Fsp3) is 0.500. The van der Waals surface area contributed by atoms with Gasteiger partial charge in [0, 0.05) is 24.7 Å². The molecule has 0 spiro atoms. The van der Waals surface area contributed by atoms with Crippen LogP contribution in [0.5, 0.6) is 0 Å². The van der Waals surface area contributed by atoms with Gasteiger partial charge in [0.05, 0.1) is 25.4 Å². The van der Waals surface area contributed by atoms with E-state index in [0.29, 0.717) is 5.69 Å². The Labute approximate surface area is 191 Å². The van der Waals surface area contributed by atoms with Crippen LogP contribution in [-0.2, 0) is 35.2 Å². The molecular weight excluding hydrogens is 460 g/mol. The first kappa shape index (κ1) is 28.0. The van der Waals surface area contributed by atoms with Crippen molar-refractivity contribution < 1.29 is 49.2 Å². The number of hydrogen-bond donors (Lipinski definition) is 9. The van der Waals surface area contributed by atoms with Crippen molar-refractivity contribution in [2.45, 2.75) is 49.9 Å². The van der Waals surface area contributed by atoms with E-state index in [4.69, 9.17) is 21.1 Å². The summed E-state index contributed by atoms with van der Waals surface area (Å²) < 4.78 is 0. The molecule has 188 valence electrons. The highest BCUT2D eigenvalue weighted by molar-refractivity contribution is 5.95. The normalized spacial score (nSPS) is 14.2. The minimum atomic E-state index is -1.72. The van der Waals surface area contributed by atoms with E-state index < -0.39 is 85.7 Å². The number of aromatic amines is 1. The van der Waals surface area contributed by atoms with Gasteiger partial charge in [-0.1, -0.05) is 0 Å². The molecule has 16 nitrogen and oxygen atoms in total. The number of hydrogen-bond acceptors (Lipinski definition) is 9. The summed E-state index contributed by atoms with van der Waals surface area (Å²) in [6, 6.07) is -6.19. The average molecular weight is 486 g/mol. The average Bonchev–Trinajstić information content (AvgIpc) is 3.26. The number of carbonyl (C=O) groups excluding carboxylic acids is 3. The van der Waals surface area contributed by atoms with Crippen molar-refractivity contribution in [1.82, 2.24) is 25.9 Å². The van der Waals surface area contributed by atoms with Crippen molar-refractivity contribution in [3.8, 4) is 0 Å². The molecule has 0 aliphatic rings. The number of amides is 3. The maximum absolute atomic E-state index is 12.5. The second-order valence-electron chi connectivity index (χ2n) is 7.12. The van der Waals surface area contributed by atoms with Gasteiger partial charge >= 0.3 is 17.9 Å². The third kappa shape index (κ3) is 9.61. The molecule has 0 radical (unpaired) electrons. The van der Waals surface area contributed by atoms with Gasteiger partial charge in [-0.2, -0.15) is 0 Å². The lowest BCUT2D eigenvalue weighted by molar-refractivity contribution is -0.144. The minimum absolute atomic E-state index is 0.00182. The van der Waals surface area contributed by atoms with E-state index in [9.17, 15) is 33.9 Å². The van der Waals surface area contributed by atoms with Gasteiger partial charge in [-0.25, -0.2) is 9.78 Å². The molecule has 3 amide bonds. The minimum Gasteiger partial charge on any atom is -0.481 e. The van der Waals surface area contributed by atoms with E-state index in [0.717, 1.165) is 0 Å². The fourth-order valence-corrected chi connectivity index (χ4v) is 2.65. The number of aliphatic hydroxyl groups excluding tert-OH is 1. The molecule has 1 aromatic heterocycles. The predicted molar refractivity (Wildman–Crippen MR) is 110 cm³/mol. The monoisotopic (exact) mass is 486 g/mol. The van der Waals surface area contributed by atoms with E-state index in [1.807, 2.05) is 10.6 Å². The van der Waals surface area contributed by atoms with Gasteiger partial charge in [0.15, 0.2) is 0 Å². The molecule has 4 atom stereocenters. The zero-order chi connectivity index (χ0) is 25.8. The van der Waals surface area contributed by atoms with Crippen molar-refractivity contribution in [3.05, 3.63) is 18.2 Å². The molecule has 0 fully saturated rings. The van der Waals surface area contributed by atoms with Crippen LogP contribution in [0.15, 0.2) is 12.5 Å². The number of nitrogens with two attached hydrogens (primary N) is 1. The highest BCUT2D eigenvalue weighted by Crippen LogP contribution is 2.02. The quantitative estimate of drug-likeness (QED) is 0.115. The number of H-pyrrole nitrogens is 1. The van der Waals surface area contributed by atoms with E-state index in [-0.39, 0.29) is 6.42 Å². The summed E-state index contributed by atoms with van der Waals surface area (Å²) >= 11 is 0. The number of carboxylic acid groups (broad SMARTS) is 3. The molecular formula is C18H26N6O10. The molecule has 1 rings (SSSR count). The summed E-state index contributed by atoms with van der Waals surface area (Å²) in [7, 11) is 0. The molecule has 0 aliphatic carbocycles. The first-order valence-corrected chi connectivity index (χ1v) is 9.85. The molecule has 0 saturated heterocycles. The van der Waals surface area contributed by atoms with Crippen molar-refractivity contribution in [2.75, 3.05) is 6.61 Å². The number of carbonyl (C=O) groups is 6. The van der Waals surface area contributed by atoms with Crippen LogP contribution in [0.4, 0.5) is 0 Å². The van der Waals surface area contributed by atoms with Gasteiger partial charge in [-0.3, -0.25) is 24.0 Å². The van der Waals surface area contributed by atoms with Gasteiger partial charge in [-0.05, 0) is 6.42 Å². The van der Waals surface area contributed by atoms with Gasteiger partial charge < -0.3 is 47.1 Å². The molecule has 0 saturated carbocycles. The molecule has 1 heterocycles. The number of imidazole rings is 1. The number of aliphatic carboxylic acids is 3. The molecule has 1 aromatic rings. The third-order valence-electron chi connectivity index (χ3n) is 4.42. The van der Waals surface area contributed by atoms with Crippen molar-refractivity contribution in [1.29, 1.82) is 0 Å². The highest BCUT2D eigenvalue weighted by atomic mass is 16.4. The van der Waals surface area contributed by atoms with Crippen molar-refractivity contribution in [2.24, 2.45) is 5.73 Å². The first-order chi connectivity index (χ1) is 15.9. The van der Waals surface area contributed by atoms with E-state index >= 15 is 0 Å². The summed E-state index contributed by atoms with van der Waals surface area (Å²) in [4.78, 5) is 76.6. The van der Waals surface area contributed by atoms with Crippen LogP contribution in [0.2, 0.25) is 0 Å². The molecule has 0 aliphatic heterocycles. The smallest absolute Gasteiger partial charge is 0.326 e. The number of aliphatic hydroxyl groups is 1. The van der Waals surface area contributed by atoms with Gasteiger partial charge in [0.2, 0.25) is 17.7 Å². The molecule has 10 N–H and O–H groups in total. The van der Waals surface area contributed by atoms with Crippen molar-refractivity contribution in [3.63, 3.8) is 0 Å². The summed E-state index contributed by atoms with van der Waals surface area (Å²) in [6.07, 6.45) is 0.858. The van der Waals surface area contributed by atoms with Crippen LogP contribution >= 0.6 is 0 Å². The Hall–Kier alpha value is -4.05. The summed E-state index contributed by atoms with van der Waals surface area (Å²) in [5.74, 6) is -7.50. The van der Waals surface area contributed by atoms with E-state index in [2.05, 4.69) is 15.3 Å². The van der Waals surface area contributed by atoms with E-state index in [1.54, 1.807) is 0 Å². The number of nitrogens with zero attached hydrogens (tertiary/aromatic N) is 1. The Bertz CT molecular complexity index is 890. The lowest BCUT2D eigenvalue weighted by Gasteiger charge is -2.23. The molecule has 16 heteroatoms. The number of nitrogens with one attached hydrogen (secondary N) is 4. The molecule has 0 bridgehead atoms. The molecule has 4 unspecified atom stereocenters. The largest absolute Gasteiger partial charge is 0.481 e. The lowest BCUT2D eigenvalue weighted by atomic mass is 10.1. The molecule has 0 aromatic carbocycles. The first-order valence-electron chi connectivity index (χ1n) is 9.85. The fourth-order valence-electron chi connectivity index (χ4n) is 2.65. The van der Waals surface area contributed by atoms with Crippen LogP contribution < -0.4 is 21.7 Å². The Morgan fingerprint density at radius 1 is 0.912 bits per heavy atom.